The van der Waals surface area contributed by atoms with Crippen molar-refractivity contribution >= 4 is 17.7 Å². The first kappa shape index (κ1) is 24.6. The van der Waals surface area contributed by atoms with Crippen LogP contribution in [0.1, 0.15) is 98.3 Å². The van der Waals surface area contributed by atoms with Crippen LogP contribution >= 0.6 is 0 Å². The Morgan fingerprint density at radius 2 is 1.50 bits per heavy atom. The number of hydrogen-bond donors (Lipinski definition) is 1. The average Bonchev–Trinajstić information content (AvgIpc) is 3.08. The lowest BCUT2D eigenvalue weighted by Gasteiger charge is -2.35. The molecule has 1 amide bonds. The lowest BCUT2D eigenvalue weighted by molar-refractivity contribution is -0.164. The Balaban J connectivity index is 3.10. The zero-order chi connectivity index (χ0) is 21.2. The Bertz CT molecular complexity index is 501. The van der Waals surface area contributed by atoms with Crippen molar-refractivity contribution in [3.05, 3.63) is 0 Å². The van der Waals surface area contributed by atoms with Gasteiger partial charge in [0.1, 0.15) is 0 Å². The third-order valence-electron chi connectivity index (χ3n) is 6.49. The van der Waals surface area contributed by atoms with Crippen LogP contribution in [-0.2, 0) is 14.4 Å². The van der Waals surface area contributed by atoms with Crippen molar-refractivity contribution in [1.29, 1.82) is 0 Å². The predicted octanol–water partition coefficient (Wildman–Crippen LogP) is 5.07. The van der Waals surface area contributed by atoms with Gasteiger partial charge in [0.25, 0.3) is 0 Å². The van der Waals surface area contributed by atoms with Gasteiger partial charge in [-0.15, -0.1) is 0 Å². The van der Waals surface area contributed by atoms with E-state index in [4.69, 9.17) is 0 Å². The molecule has 5 nitrogen and oxygen atoms in total. The summed E-state index contributed by atoms with van der Waals surface area (Å²) in [6.45, 7) is 9.71. The number of unbranched alkanes of at least 4 members (excludes halogenated alkanes) is 2. The first-order valence-corrected chi connectivity index (χ1v) is 11.4. The van der Waals surface area contributed by atoms with E-state index in [1.54, 1.807) is 4.90 Å². The monoisotopic (exact) mass is 395 g/mol. The second-order valence-corrected chi connectivity index (χ2v) is 8.53. The Morgan fingerprint density at radius 1 is 1.00 bits per heavy atom. The first-order chi connectivity index (χ1) is 13.4. The number of amides is 1. The zero-order valence-corrected chi connectivity index (χ0v) is 18.5. The molecule has 1 fully saturated rings. The number of aliphatic carboxylic acids is 1. The van der Waals surface area contributed by atoms with Gasteiger partial charge in [0.05, 0.1) is 0 Å². The summed E-state index contributed by atoms with van der Waals surface area (Å²) >= 11 is 0. The SMILES string of the molecule is CCCCC(CC)CN(CC(CC)CCCC)C(=O)C1(C(=O)O)CCCC1=O. The molecule has 0 bridgehead atoms. The number of carboxylic acid groups (broad SMARTS) is 1. The van der Waals surface area contributed by atoms with Gasteiger partial charge in [0, 0.05) is 19.5 Å². The minimum absolute atomic E-state index is 0.147. The highest BCUT2D eigenvalue weighted by Gasteiger charge is 2.56. The van der Waals surface area contributed by atoms with E-state index in [0.717, 1.165) is 51.4 Å². The third kappa shape index (κ3) is 6.05. The maximum absolute atomic E-state index is 13.5. The summed E-state index contributed by atoms with van der Waals surface area (Å²) in [5.41, 5.74) is -1.84. The molecule has 0 aromatic rings. The van der Waals surface area contributed by atoms with Crippen molar-refractivity contribution in [1.82, 2.24) is 4.90 Å². The molecular weight excluding hydrogens is 354 g/mol. The predicted molar refractivity (Wildman–Crippen MR) is 112 cm³/mol. The summed E-state index contributed by atoms with van der Waals surface area (Å²) in [4.78, 5) is 39.8. The van der Waals surface area contributed by atoms with Crippen LogP contribution in [-0.4, -0.2) is 40.8 Å². The normalized spacial score (nSPS) is 21.5. The largest absolute Gasteiger partial charge is 0.480 e. The second-order valence-electron chi connectivity index (χ2n) is 8.53. The van der Waals surface area contributed by atoms with E-state index in [-0.39, 0.29) is 12.8 Å². The van der Waals surface area contributed by atoms with Gasteiger partial charge < -0.3 is 10.0 Å². The Hall–Kier alpha value is -1.39. The van der Waals surface area contributed by atoms with Crippen LogP contribution in [0.15, 0.2) is 0 Å². The first-order valence-electron chi connectivity index (χ1n) is 11.4. The molecule has 1 N–H and O–H groups in total. The molecule has 3 atom stereocenters. The van der Waals surface area contributed by atoms with Gasteiger partial charge in [-0.3, -0.25) is 14.4 Å². The quantitative estimate of drug-likeness (QED) is 0.417. The summed E-state index contributed by atoms with van der Waals surface area (Å²) in [6, 6.07) is 0. The molecule has 0 aromatic carbocycles. The van der Waals surface area contributed by atoms with Crippen molar-refractivity contribution in [2.24, 2.45) is 17.3 Å². The van der Waals surface area contributed by atoms with Crippen LogP contribution < -0.4 is 0 Å². The molecule has 5 heteroatoms. The highest BCUT2D eigenvalue weighted by Crippen LogP contribution is 2.38. The van der Waals surface area contributed by atoms with Gasteiger partial charge in [-0.25, -0.2) is 0 Å². The maximum Gasteiger partial charge on any atom is 0.326 e. The topological polar surface area (TPSA) is 74.7 Å². The summed E-state index contributed by atoms with van der Waals surface area (Å²) in [6.07, 6.45) is 9.27. The number of hydrogen-bond acceptors (Lipinski definition) is 3. The van der Waals surface area contributed by atoms with Crippen LogP contribution in [0.2, 0.25) is 0 Å². The highest BCUT2D eigenvalue weighted by molar-refractivity contribution is 6.22. The lowest BCUT2D eigenvalue weighted by atomic mass is 9.82. The standard InChI is InChI=1S/C23H41NO4/c1-5-9-12-18(7-3)16-24(17-19(8-4)13-10-6-2)21(26)23(22(27)28)15-11-14-20(23)25/h18-19H,5-17H2,1-4H3,(H,27,28). The highest BCUT2D eigenvalue weighted by atomic mass is 16.4. The average molecular weight is 396 g/mol. The van der Waals surface area contributed by atoms with E-state index in [1.807, 2.05) is 0 Å². The molecule has 0 aromatic heterocycles. The number of carbonyl (C=O) groups is 3. The zero-order valence-electron chi connectivity index (χ0n) is 18.5. The molecule has 1 aliphatic carbocycles. The summed E-state index contributed by atoms with van der Waals surface area (Å²) in [5, 5.41) is 9.85. The van der Waals surface area contributed by atoms with Crippen LogP contribution in [0.3, 0.4) is 0 Å². The van der Waals surface area contributed by atoms with Gasteiger partial charge in [-0.2, -0.15) is 0 Å². The number of rotatable bonds is 14. The Kier molecular flexibility index (Phi) is 10.8. The van der Waals surface area contributed by atoms with Gasteiger partial charge >= 0.3 is 5.97 Å². The second kappa shape index (κ2) is 12.2. The van der Waals surface area contributed by atoms with Gasteiger partial charge in [0.15, 0.2) is 5.78 Å². The smallest absolute Gasteiger partial charge is 0.326 e. The number of Topliss-reactive ketones (excluding diaryl/α,β-unsaturated/α-hetero) is 1. The van der Waals surface area contributed by atoms with Crippen molar-refractivity contribution in [3.63, 3.8) is 0 Å². The van der Waals surface area contributed by atoms with E-state index < -0.39 is 23.1 Å². The van der Waals surface area contributed by atoms with E-state index in [1.165, 1.54) is 0 Å². The van der Waals surface area contributed by atoms with Crippen molar-refractivity contribution in [3.8, 4) is 0 Å². The minimum atomic E-state index is -1.84. The lowest BCUT2D eigenvalue weighted by Crippen LogP contribution is -2.53. The number of carbonyl (C=O) groups excluding carboxylic acids is 2. The fourth-order valence-corrected chi connectivity index (χ4v) is 4.38. The number of ketones is 1. The van der Waals surface area contributed by atoms with E-state index in [9.17, 15) is 19.5 Å². The molecular formula is C23H41NO4. The molecule has 1 rings (SSSR count). The molecule has 0 heterocycles. The van der Waals surface area contributed by atoms with Crippen molar-refractivity contribution in [2.75, 3.05) is 13.1 Å². The van der Waals surface area contributed by atoms with Crippen LogP contribution in [0, 0.1) is 17.3 Å². The molecule has 0 radical (unpaired) electrons. The van der Waals surface area contributed by atoms with Crippen molar-refractivity contribution < 1.29 is 19.5 Å². The van der Waals surface area contributed by atoms with E-state index in [0.29, 0.717) is 31.3 Å². The molecule has 1 aliphatic rings. The summed E-state index contributed by atoms with van der Waals surface area (Å²) in [7, 11) is 0. The molecule has 28 heavy (non-hydrogen) atoms. The van der Waals surface area contributed by atoms with Crippen LogP contribution in [0.5, 0.6) is 0 Å². The van der Waals surface area contributed by atoms with Crippen LogP contribution in [0.25, 0.3) is 0 Å². The van der Waals surface area contributed by atoms with Gasteiger partial charge in [-0.1, -0.05) is 66.2 Å². The molecule has 0 aliphatic heterocycles. The number of nitrogens with zero attached hydrogens (tertiary/aromatic N) is 1. The molecule has 3 unspecified atom stereocenters. The molecule has 1 saturated carbocycles. The van der Waals surface area contributed by atoms with Crippen LogP contribution in [0.4, 0.5) is 0 Å². The fraction of sp³-hybridized carbons (Fsp3) is 0.870. The summed E-state index contributed by atoms with van der Waals surface area (Å²) < 4.78 is 0. The fourth-order valence-electron chi connectivity index (χ4n) is 4.38. The molecule has 0 spiro atoms. The molecule has 0 saturated heterocycles. The number of carboxylic acids is 1. The maximum atomic E-state index is 13.5. The third-order valence-corrected chi connectivity index (χ3v) is 6.49. The Morgan fingerprint density at radius 3 is 1.82 bits per heavy atom. The van der Waals surface area contributed by atoms with Gasteiger partial charge in [0.2, 0.25) is 11.3 Å². The molecule has 162 valence electrons. The Labute approximate surface area is 171 Å². The minimum Gasteiger partial charge on any atom is -0.480 e. The van der Waals surface area contributed by atoms with Gasteiger partial charge in [-0.05, 0) is 37.5 Å². The van der Waals surface area contributed by atoms with Crippen molar-refractivity contribution in [2.45, 2.75) is 98.3 Å². The van der Waals surface area contributed by atoms with E-state index in [2.05, 4.69) is 27.7 Å². The van der Waals surface area contributed by atoms with E-state index >= 15 is 0 Å². The summed E-state index contributed by atoms with van der Waals surface area (Å²) in [5.74, 6) is -1.40.